The lowest BCUT2D eigenvalue weighted by Crippen LogP contribution is -2.44. The molecule has 1 saturated heterocycles. The predicted octanol–water partition coefficient (Wildman–Crippen LogP) is 4.96. The van der Waals surface area contributed by atoms with E-state index in [0.717, 1.165) is 38.1 Å². The van der Waals surface area contributed by atoms with Crippen LogP contribution in [0.25, 0.3) is 0 Å². The molecule has 2 aromatic carbocycles. The van der Waals surface area contributed by atoms with E-state index in [1.165, 1.54) is 35.2 Å². The molecule has 10 heteroatoms. The Labute approximate surface area is 195 Å². The molecule has 3 rings (SSSR count). The van der Waals surface area contributed by atoms with Crippen LogP contribution in [-0.2, 0) is 13.1 Å². The highest BCUT2D eigenvalue weighted by Crippen LogP contribution is 2.21. The predicted molar refractivity (Wildman–Crippen MR) is 117 cm³/mol. The summed E-state index contributed by atoms with van der Waals surface area (Å²) in [5, 5.41) is 2.77. The minimum absolute atomic E-state index is 0.0113. The van der Waals surface area contributed by atoms with Gasteiger partial charge in [0.05, 0.1) is 6.54 Å². The largest absolute Gasteiger partial charge is 0.454 e. The second-order valence-electron chi connectivity index (χ2n) is 8.47. The zero-order valence-corrected chi connectivity index (χ0v) is 18.8. The molecule has 0 aliphatic carbocycles. The van der Waals surface area contributed by atoms with E-state index in [1.807, 2.05) is 7.05 Å². The van der Waals surface area contributed by atoms with E-state index < -0.39 is 30.4 Å². The van der Waals surface area contributed by atoms with Gasteiger partial charge in [-0.15, -0.1) is 0 Å². The van der Waals surface area contributed by atoms with E-state index in [9.17, 15) is 26.7 Å². The molecule has 1 atom stereocenters. The van der Waals surface area contributed by atoms with Crippen LogP contribution < -0.4 is 10.1 Å². The molecule has 2 amide bonds. The topological polar surface area (TPSA) is 44.8 Å². The summed E-state index contributed by atoms with van der Waals surface area (Å²) < 4.78 is 69.6. The molecule has 1 unspecified atom stereocenters. The molecule has 1 fully saturated rings. The smallest absolute Gasteiger partial charge is 0.317 e. The van der Waals surface area contributed by atoms with Crippen molar-refractivity contribution in [3.05, 3.63) is 65.2 Å². The summed E-state index contributed by atoms with van der Waals surface area (Å²) in [6.45, 7) is 2.34. The molecule has 0 radical (unpaired) electrons. The Morgan fingerprint density at radius 3 is 2.41 bits per heavy atom. The van der Waals surface area contributed by atoms with Crippen molar-refractivity contribution in [2.24, 2.45) is 5.92 Å². The van der Waals surface area contributed by atoms with Crippen LogP contribution in [0.3, 0.4) is 0 Å². The maximum absolute atomic E-state index is 14.2. The second-order valence-corrected chi connectivity index (χ2v) is 8.47. The summed E-state index contributed by atoms with van der Waals surface area (Å²) in [5.74, 6) is -1.21. The second kappa shape index (κ2) is 12.0. The number of likely N-dealkylation sites (tertiary alicyclic amines) is 1. The first kappa shape index (κ1) is 25.7. The maximum Gasteiger partial charge on any atom is 0.317 e. The normalized spacial score (nSPS) is 15.9. The van der Waals surface area contributed by atoms with Crippen LogP contribution in [0.5, 0.6) is 5.75 Å². The standard InChI is InChI=1S/C24H28F5N3O2/c1-31-10-8-17(9-11-31)14-32(15-18-4-5-19(25)12-21(18)26)24(33)30-13-16-2-6-20(7-3-16)34-23(29)22(27)28/h2-7,12,17,22-23H,8-11,13-15H2,1H3,(H,30,33). The van der Waals surface area contributed by atoms with Crippen molar-refractivity contribution >= 4 is 6.03 Å². The van der Waals surface area contributed by atoms with Gasteiger partial charge >= 0.3 is 12.5 Å². The third-order valence-corrected chi connectivity index (χ3v) is 5.79. The lowest BCUT2D eigenvalue weighted by molar-refractivity contribution is -0.0669. The van der Waals surface area contributed by atoms with Gasteiger partial charge in [-0.3, -0.25) is 0 Å². The third kappa shape index (κ3) is 7.58. The number of nitrogens with zero attached hydrogens (tertiary/aromatic N) is 2. The summed E-state index contributed by atoms with van der Waals surface area (Å²) >= 11 is 0. The van der Waals surface area contributed by atoms with Crippen molar-refractivity contribution < 1.29 is 31.5 Å². The molecule has 1 aliphatic rings. The molecule has 0 aromatic heterocycles. The summed E-state index contributed by atoms with van der Waals surface area (Å²) in [5.41, 5.74) is 0.853. The van der Waals surface area contributed by atoms with E-state index >= 15 is 0 Å². The highest BCUT2D eigenvalue weighted by Gasteiger charge is 2.24. The number of carbonyl (C=O) groups excluding carboxylic acids is 1. The summed E-state index contributed by atoms with van der Waals surface area (Å²) in [6, 6.07) is 8.58. The molecule has 0 spiro atoms. The van der Waals surface area contributed by atoms with E-state index in [0.29, 0.717) is 12.1 Å². The quantitative estimate of drug-likeness (QED) is 0.511. The van der Waals surface area contributed by atoms with Gasteiger partial charge in [0.2, 0.25) is 0 Å². The van der Waals surface area contributed by atoms with Gasteiger partial charge in [0.1, 0.15) is 17.4 Å². The molecule has 0 saturated carbocycles. The van der Waals surface area contributed by atoms with Gasteiger partial charge in [-0.05, 0) is 62.7 Å². The number of halogens is 5. The molecule has 34 heavy (non-hydrogen) atoms. The van der Waals surface area contributed by atoms with E-state index in [4.69, 9.17) is 0 Å². The van der Waals surface area contributed by atoms with Gasteiger partial charge < -0.3 is 19.9 Å². The molecule has 1 heterocycles. The molecular weight excluding hydrogens is 457 g/mol. The van der Waals surface area contributed by atoms with Crippen molar-refractivity contribution in [3.63, 3.8) is 0 Å². The highest BCUT2D eigenvalue weighted by molar-refractivity contribution is 5.74. The van der Waals surface area contributed by atoms with Crippen molar-refractivity contribution in [1.82, 2.24) is 15.1 Å². The first-order valence-corrected chi connectivity index (χ1v) is 11.0. The number of amides is 2. The average Bonchev–Trinajstić information content (AvgIpc) is 2.80. The van der Waals surface area contributed by atoms with Crippen LogP contribution in [0.15, 0.2) is 42.5 Å². The van der Waals surface area contributed by atoms with Crippen molar-refractivity contribution in [2.45, 2.75) is 38.7 Å². The number of alkyl halides is 3. The van der Waals surface area contributed by atoms with Crippen molar-refractivity contribution in [2.75, 3.05) is 26.7 Å². The van der Waals surface area contributed by atoms with Crippen LogP contribution in [0, 0.1) is 17.6 Å². The van der Waals surface area contributed by atoms with Gasteiger partial charge in [0.15, 0.2) is 0 Å². The number of benzene rings is 2. The average molecular weight is 485 g/mol. The minimum Gasteiger partial charge on any atom is -0.454 e. The number of nitrogens with one attached hydrogen (secondary N) is 1. The van der Waals surface area contributed by atoms with Crippen LogP contribution in [0.2, 0.25) is 0 Å². The monoisotopic (exact) mass is 485 g/mol. The Morgan fingerprint density at radius 1 is 1.12 bits per heavy atom. The van der Waals surface area contributed by atoms with Gasteiger partial charge in [-0.1, -0.05) is 18.2 Å². The lowest BCUT2D eigenvalue weighted by atomic mass is 9.96. The number of hydrogen-bond donors (Lipinski definition) is 1. The van der Waals surface area contributed by atoms with E-state index in [-0.39, 0.29) is 30.3 Å². The van der Waals surface area contributed by atoms with E-state index in [2.05, 4.69) is 15.0 Å². The third-order valence-electron chi connectivity index (χ3n) is 5.79. The molecule has 5 nitrogen and oxygen atoms in total. The van der Waals surface area contributed by atoms with Gasteiger partial charge in [-0.2, -0.15) is 4.39 Å². The SMILES string of the molecule is CN1CCC(CN(Cc2ccc(F)cc2F)C(=O)NCc2ccc(OC(F)C(F)F)cc2)CC1. The number of ether oxygens (including phenoxy) is 1. The molecule has 0 bridgehead atoms. The van der Waals surface area contributed by atoms with Crippen LogP contribution in [-0.4, -0.2) is 55.3 Å². The number of hydrogen-bond acceptors (Lipinski definition) is 3. The Morgan fingerprint density at radius 2 is 1.79 bits per heavy atom. The van der Waals surface area contributed by atoms with Crippen LogP contribution >= 0.6 is 0 Å². The van der Waals surface area contributed by atoms with Gasteiger partial charge in [0.25, 0.3) is 6.36 Å². The maximum atomic E-state index is 14.2. The van der Waals surface area contributed by atoms with E-state index in [1.54, 1.807) is 0 Å². The first-order valence-electron chi connectivity index (χ1n) is 11.0. The first-order chi connectivity index (χ1) is 16.2. The minimum atomic E-state index is -3.25. The van der Waals surface area contributed by atoms with Crippen LogP contribution in [0.4, 0.5) is 26.7 Å². The number of piperidine rings is 1. The van der Waals surface area contributed by atoms with Crippen LogP contribution in [0.1, 0.15) is 24.0 Å². The zero-order chi connectivity index (χ0) is 24.7. The molecule has 1 aliphatic heterocycles. The summed E-state index contributed by atoms with van der Waals surface area (Å²) in [4.78, 5) is 16.7. The van der Waals surface area contributed by atoms with Gasteiger partial charge in [0, 0.05) is 24.7 Å². The van der Waals surface area contributed by atoms with Crippen molar-refractivity contribution in [1.29, 1.82) is 0 Å². The fourth-order valence-electron chi connectivity index (χ4n) is 3.79. The van der Waals surface area contributed by atoms with Crippen molar-refractivity contribution in [3.8, 4) is 5.75 Å². The number of carbonyl (C=O) groups is 1. The molecule has 2 aromatic rings. The Bertz CT molecular complexity index is 937. The Balaban J connectivity index is 1.63. The molecule has 1 N–H and O–H groups in total. The lowest BCUT2D eigenvalue weighted by Gasteiger charge is -2.33. The Kier molecular flexibility index (Phi) is 9.09. The summed E-state index contributed by atoms with van der Waals surface area (Å²) in [6.07, 6.45) is -4.16. The number of urea groups is 1. The van der Waals surface area contributed by atoms with Gasteiger partial charge in [-0.25, -0.2) is 22.4 Å². The fourth-order valence-corrected chi connectivity index (χ4v) is 3.79. The zero-order valence-electron chi connectivity index (χ0n) is 18.8. The highest BCUT2D eigenvalue weighted by atomic mass is 19.3. The number of rotatable bonds is 9. The molecular formula is C24H28F5N3O2. The Hall–Kier alpha value is -2.88. The fraction of sp³-hybridized carbons (Fsp3) is 0.458. The molecule has 186 valence electrons. The summed E-state index contributed by atoms with van der Waals surface area (Å²) in [7, 11) is 2.03.